The number of ether oxygens (including phenoxy) is 1. The molecule has 0 aliphatic carbocycles. The van der Waals surface area contributed by atoms with Gasteiger partial charge in [-0.2, -0.15) is 0 Å². The van der Waals surface area contributed by atoms with Crippen molar-refractivity contribution in [3.05, 3.63) is 12.4 Å². The highest BCUT2D eigenvalue weighted by molar-refractivity contribution is 5.37. The molecule has 0 bridgehead atoms. The SMILES string of the molecule is CCOc1cc(NCC(N)C(CC)CC)ncn1. The van der Waals surface area contributed by atoms with Gasteiger partial charge in [0, 0.05) is 18.7 Å². The molecule has 0 amide bonds. The van der Waals surface area contributed by atoms with Gasteiger partial charge in [0.2, 0.25) is 5.88 Å². The second kappa shape index (κ2) is 7.87. The number of nitrogens with zero attached hydrogens (tertiary/aromatic N) is 2. The molecule has 0 aliphatic heterocycles. The Morgan fingerprint density at radius 2 is 2.00 bits per heavy atom. The molecule has 1 atom stereocenters. The van der Waals surface area contributed by atoms with Crippen molar-refractivity contribution >= 4 is 5.82 Å². The molecule has 3 N–H and O–H groups in total. The Morgan fingerprint density at radius 1 is 1.28 bits per heavy atom. The smallest absolute Gasteiger partial charge is 0.218 e. The summed E-state index contributed by atoms with van der Waals surface area (Å²) in [6.07, 6.45) is 3.70. The Bertz CT molecular complexity index is 342. The van der Waals surface area contributed by atoms with Crippen molar-refractivity contribution in [3.63, 3.8) is 0 Å². The molecule has 0 saturated carbocycles. The first-order valence-electron chi connectivity index (χ1n) is 6.65. The van der Waals surface area contributed by atoms with Gasteiger partial charge < -0.3 is 15.8 Å². The van der Waals surface area contributed by atoms with Gasteiger partial charge >= 0.3 is 0 Å². The maximum Gasteiger partial charge on any atom is 0.218 e. The molecule has 1 unspecified atom stereocenters. The van der Waals surface area contributed by atoms with Crippen LogP contribution in [-0.4, -0.2) is 29.2 Å². The zero-order chi connectivity index (χ0) is 13.4. The molecule has 0 spiro atoms. The van der Waals surface area contributed by atoms with Crippen molar-refractivity contribution in [3.8, 4) is 5.88 Å². The lowest BCUT2D eigenvalue weighted by Crippen LogP contribution is -2.36. The van der Waals surface area contributed by atoms with Gasteiger partial charge in [-0.15, -0.1) is 0 Å². The first kappa shape index (κ1) is 14.7. The van der Waals surface area contributed by atoms with E-state index < -0.39 is 0 Å². The summed E-state index contributed by atoms with van der Waals surface area (Å²) >= 11 is 0. The van der Waals surface area contributed by atoms with Crippen LogP contribution in [0.15, 0.2) is 12.4 Å². The van der Waals surface area contributed by atoms with Crippen LogP contribution in [0, 0.1) is 5.92 Å². The van der Waals surface area contributed by atoms with Gasteiger partial charge in [-0.05, 0) is 12.8 Å². The Kier molecular flexibility index (Phi) is 6.43. The lowest BCUT2D eigenvalue weighted by atomic mass is 9.95. The Morgan fingerprint density at radius 3 is 2.61 bits per heavy atom. The first-order chi connectivity index (χ1) is 8.71. The Labute approximate surface area is 109 Å². The predicted octanol–water partition coefficient (Wildman–Crippen LogP) is 2.05. The second-order valence-electron chi connectivity index (χ2n) is 4.30. The summed E-state index contributed by atoms with van der Waals surface area (Å²) in [4.78, 5) is 8.17. The molecule has 1 heterocycles. The number of rotatable bonds is 8. The van der Waals surface area contributed by atoms with E-state index in [1.807, 2.05) is 6.92 Å². The van der Waals surface area contributed by atoms with Gasteiger partial charge in [0.15, 0.2) is 0 Å². The molecule has 0 aliphatic rings. The van der Waals surface area contributed by atoms with Crippen LogP contribution in [-0.2, 0) is 0 Å². The van der Waals surface area contributed by atoms with Gasteiger partial charge in [-0.25, -0.2) is 9.97 Å². The van der Waals surface area contributed by atoms with E-state index in [9.17, 15) is 0 Å². The summed E-state index contributed by atoms with van der Waals surface area (Å²) < 4.78 is 5.32. The molecule has 102 valence electrons. The molecule has 0 aromatic carbocycles. The molecule has 1 aromatic heterocycles. The second-order valence-corrected chi connectivity index (χ2v) is 4.30. The van der Waals surface area contributed by atoms with E-state index in [4.69, 9.17) is 10.5 Å². The number of nitrogens with two attached hydrogens (primary N) is 1. The highest BCUT2D eigenvalue weighted by Gasteiger charge is 2.13. The van der Waals surface area contributed by atoms with Gasteiger partial charge in [0.25, 0.3) is 0 Å². The first-order valence-corrected chi connectivity index (χ1v) is 6.65. The van der Waals surface area contributed by atoms with Crippen molar-refractivity contribution in [2.24, 2.45) is 11.7 Å². The minimum atomic E-state index is 0.144. The fourth-order valence-corrected chi connectivity index (χ4v) is 1.95. The molecule has 5 heteroatoms. The van der Waals surface area contributed by atoms with Gasteiger partial charge in [0.05, 0.1) is 6.61 Å². The van der Waals surface area contributed by atoms with E-state index in [-0.39, 0.29) is 6.04 Å². The zero-order valence-corrected chi connectivity index (χ0v) is 11.5. The van der Waals surface area contributed by atoms with Crippen molar-refractivity contribution < 1.29 is 4.74 Å². The standard InChI is InChI=1S/C13H24N4O/c1-4-10(5-2)11(14)8-15-12-7-13(18-6-3)17-9-16-12/h7,9-11H,4-6,8,14H2,1-3H3,(H,15,16,17). The van der Waals surface area contributed by atoms with Crippen molar-refractivity contribution in [2.75, 3.05) is 18.5 Å². The van der Waals surface area contributed by atoms with Crippen LogP contribution in [0.2, 0.25) is 0 Å². The topological polar surface area (TPSA) is 73.1 Å². The molecular weight excluding hydrogens is 228 g/mol. The quantitative estimate of drug-likeness (QED) is 0.740. The maximum absolute atomic E-state index is 6.15. The van der Waals surface area contributed by atoms with E-state index in [0.717, 1.165) is 25.2 Å². The summed E-state index contributed by atoms with van der Waals surface area (Å²) in [7, 11) is 0. The van der Waals surface area contributed by atoms with Crippen LogP contribution >= 0.6 is 0 Å². The van der Waals surface area contributed by atoms with Crippen LogP contribution in [0.5, 0.6) is 5.88 Å². The fourth-order valence-electron chi connectivity index (χ4n) is 1.95. The summed E-state index contributed by atoms with van der Waals surface area (Å²) in [5, 5.41) is 3.24. The van der Waals surface area contributed by atoms with Gasteiger partial charge in [-0.1, -0.05) is 26.7 Å². The minimum absolute atomic E-state index is 0.144. The van der Waals surface area contributed by atoms with Gasteiger partial charge in [-0.3, -0.25) is 0 Å². The number of hydrogen-bond acceptors (Lipinski definition) is 5. The molecule has 0 saturated heterocycles. The summed E-state index contributed by atoms with van der Waals surface area (Å²) in [5.41, 5.74) is 6.15. The van der Waals surface area contributed by atoms with E-state index in [2.05, 4.69) is 29.1 Å². The molecule has 0 radical (unpaired) electrons. The van der Waals surface area contributed by atoms with Crippen LogP contribution in [0.4, 0.5) is 5.82 Å². The maximum atomic E-state index is 6.15. The number of anilines is 1. The van der Waals surface area contributed by atoms with Crippen molar-refractivity contribution in [1.29, 1.82) is 0 Å². The molecule has 1 rings (SSSR count). The predicted molar refractivity (Wildman–Crippen MR) is 73.7 cm³/mol. The fraction of sp³-hybridized carbons (Fsp3) is 0.692. The lowest BCUT2D eigenvalue weighted by Gasteiger charge is -2.21. The van der Waals surface area contributed by atoms with Crippen molar-refractivity contribution in [2.45, 2.75) is 39.7 Å². The number of nitrogens with one attached hydrogen (secondary N) is 1. The minimum Gasteiger partial charge on any atom is -0.478 e. The average Bonchev–Trinajstić information content (AvgIpc) is 2.39. The summed E-state index contributed by atoms with van der Waals surface area (Å²) in [5.74, 6) is 1.90. The molecule has 5 nitrogen and oxygen atoms in total. The summed E-state index contributed by atoms with van der Waals surface area (Å²) in [6, 6.07) is 1.94. The number of hydrogen-bond donors (Lipinski definition) is 2. The van der Waals surface area contributed by atoms with E-state index in [1.165, 1.54) is 6.33 Å². The van der Waals surface area contributed by atoms with Gasteiger partial charge in [0.1, 0.15) is 12.1 Å². The van der Waals surface area contributed by atoms with Crippen LogP contribution in [0.25, 0.3) is 0 Å². The Hall–Kier alpha value is -1.36. The van der Waals surface area contributed by atoms with E-state index in [1.54, 1.807) is 6.07 Å². The normalized spacial score (nSPS) is 12.5. The average molecular weight is 252 g/mol. The molecule has 0 fully saturated rings. The van der Waals surface area contributed by atoms with E-state index in [0.29, 0.717) is 18.4 Å². The highest BCUT2D eigenvalue weighted by atomic mass is 16.5. The monoisotopic (exact) mass is 252 g/mol. The highest BCUT2D eigenvalue weighted by Crippen LogP contribution is 2.14. The molecule has 1 aromatic rings. The zero-order valence-electron chi connectivity index (χ0n) is 11.5. The summed E-state index contributed by atoms with van der Waals surface area (Å²) in [6.45, 7) is 7.59. The van der Waals surface area contributed by atoms with Crippen LogP contribution in [0.3, 0.4) is 0 Å². The third-order valence-electron chi connectivity index (χ3n) is 3.11. The number of aromatic nitrogens is 2. The third-order valence-corrected chi connectivity index (χ3v) is 3.11. The Balaban J connectivity index is 2.49. The van der Waals surface area contributed by atoms with E-state index >= 15 is 0 Å². The largest absolute Gasteiger partial charge is 0.478 e. The lowest BCUT2D eigenvalue weighted by molar-refractivity contribution is 0.326. The molecule has 18 heavy (non-hydrogen) atoms. The molecular formula is C13H24N4O. The van der Waals surface area contributed by atoms with Crippen LogP contribution < -0.4 is 15.8 Å². The third kappa shape index (κ3) is 4.49. The van der Waals surface area contributed by atoms with Crippen LogP contribution in [0.1, 0.15) is 33.6 Å². The van der Waals surface area contributed by atoms with Crippen molar-refractivity contribution in [1.82, 2.24) is 9.97 Å².